The van der Waals surface area contributed by atoms with Gasteiger partial charge in [0, 0.05) is 42.1 Å². The summed E-state index contributed by atoms with van der Waals surface area (Å²) in [7, 11) is 1.68. The van der Waals surface area contributed by atoms with Gasteiger partial charge in [-0.2, -0.15) is 5.26 Å². The summed E-state index contributed by atoms with van der Waals surface area (Å²) in [5.41, 5.74) is 0.607. The van der Waals surface area contributed by atoms with Crippen molar-refractivity contribution in [3.63, 3.8) is 0 Å². The number of hydrogen-bond donors (Lipinski definition) is 0. The summed E-state index contributed by atoms with van der Waals surface area (Å²) < 4.78 is 7.94. The van der Waals surface area contributed by atoms with Crippen molar-refractivity contribution in [3.8, 4) is 6.07 Å². The van der Waals surface area contributed by atoms with E-state index in [0.29, 0.717) is 18.8 Å². The number of amides is 1. The average molecular weight is 475 g/mol. The van der Waals surface area contributed by atoms with Crippen LogP contribution in [0.3, 0.4) is 0 Å². The lowest BCUT2D eigenvalue weighted by Crippen LogP contribution is -2.59. The minimum absolute atomic E-state index is 0.102. The Bertz CT molecular complexity index is 1100. The highest BCUT2D eigenvalue weighted by Gasteiger charge is 2.36. The SMILES string of the molecule is C[C@@H]1CN(c2c(C#N)c(=O)n(C)c3ccc(Br)cc23)[C@@H](C)CN1C(=O)OC(C)(C)C. The van der Waals surface area contributed by atoms with E-state index in [1.165, 1.54) is 4.57 Å². The number of nitriles is 1. The fraction of sp³-hybridized carbons (Fsp3) is 0.500. The monoisotopic (exact) mass is 474 g/mol. The molecule has 1 aliphatic rings. The molecule has 1 saturated heterocycles. The predicted octanol–water partition coefficient (Wildman–Crippen LogP) is 4.01. The topological polar surface area (TPSA) is 78.6 Å². The molecule has 2 aromatic rings. The van der Waals surface area contributed by atoms with Gasteiger partial charge in [0.15, 0.2) is 0 Å². The largest absolute Gasteiger partial charge is 0.444 e. The average Bonchev–Trinajstić information content (AvgIpc) is 2.64. The highest BCUT2D eigenvalue weighted by atomic mass is 79.9. The highest BCUT2D eigenvalue weighted by molar-refractivity contribution is 9.10. The lowest BCUT2D eigenvalue weighted by Gasteiger charge is -2.45. The zero-order chi connectivity index (χ0) is 22.4. The Balaban J connectivity index is 2.08. The zero-order valence-electron chi connectivity index (χ0n) is 18.2. The summed E-state index contributed by atoms with van der Waals surface area (Å²) in [6.07, 6.45) is -0.349. The van der Waals surface area contributed by atoms with Crippen molar-refractivity contribution in [1.29, 1.82) is 5.26 Å². The van der Waals surface area contributed by atoms with Crippen molar-refractivity contribution in [1.82, 2.24) is 9.47 Å². The normalized spacial score (nSPS) is 19.7. The Morgan fingerprint density at radius 2 is 1.90 bits per heavy atom. The van der Waals surface area contributed by atoms with E-state index in [9.17, 15) is 14.9 Å². The lowest BCUT2D eigenvalue weighted by molar-refractivity contribution is 0.0130. The quantitative estimate of drug-likeness (QED) is 0.623. The van der Waals surface area contributed by atoms with E-state index in [-0.39, 0.29) is 29.3 Å². The number of fused-ring (bicyclic) bond motifs is 1. The standard InChI is InChI=1S/C22H27BrN4O3/c1-13-12-27(21(29)30-22(3,4)5)14(2)11-26(13)19-16-9-15(23)7-8-18(16)25(6)20(28)17(19)10-24/h7-9,13-14H,11-12H2,1-6H3/t13-,14+/m0/s1. The maximum absolute atomic E-state index is 12.9. The van der Waals surface area contributed by atoms with Gasteiger partial charge < -0.3 is 19.1 Å². The van der Waals surface area contributed by atoms with Gasteiger partial charge in [-0.3, -0.25) is 4.79 Å². The first-order valence-electron chi connectivity index (χ1n) is 9.93. The first-order valence-corrected chi connectivity index (χ1v) is 10.7. The number of nitrogens with zero attached hydrogens (tertiary/aromatic N) is 4. The van der Waals surface area contributed by atoms with Crippen molar-refractivity contribution < 1.29 is 9.53 Å². The van der Waals surface area contributed by atoms with Crippen LogP contribution in [0.5, 0.6) is 0 Å². The van der Waals surface area contributed by atoms with E-state index in [2.05, 4.69) is 26.9 Å². The number of carbonyl (C=O) groups is 1. The molecule has 1 fully saturated rings. The van der Waals surface area contributed by atoms with Crippen LogP contribution >= 0.6 is 15.9 Å². The molecule has 0 aliphatic carbocycles. The van der Waals surface area contributed by atoms with Gasteiger partial charge in [-0.15, -0.1) is 0 Å². The second-order valence-electron chi connectivity index (χ2n) is 8.84. The molecule has 0 spiro atoms. The summed E-state index contributed by atoms with van der Waals surface area (Å²) in [6, 6.07) is 7.56. The van der Waals surface area contributed by atoms with E-state index in [4.69, 9.17) is 4.74 Å². The van der Waals surface area contributed by atoms with Gasteiger partial charge in [0.2, 0.25) is 0 Å². The van der Waals surface area contributed by atoms with Gasteiger partial charge in [0.1, 0.15) is 17.2 Å². The number of carbonyl (C=O) groups excluding carboxylic acids is 1. The first-order chi connectivity index (χ1) is 13.9. The van der Waals surface area contributed by atoms with Gasteiger partial charge in [-0.05, 0) is 52.8 Å². The molecule has 0 saturated carbocycles. The van der Waals surface area contributed by atoms with Crippen molar-refractivity contribution >= 4 is 38.6 Å². The minimum Gasteiger partial charge on any atom is -0.444 e. The Labute approximate surface area is 184 Å². The predicted molar refractivity (Wildman–Crippen MR) is 121 cm³/mol. The molecule has 3 rings (SSSR count). The third-order valence-electron chi connectivity index (χ3n) is 5.34. The van der Waals surface area contributed by atoms with Crippen LogP contribution in [0, 0.1) is 11.3 Å². The number of ether oxygens (including phenoxy) is 1. The maximum atomic E-state index is 12.9. The molecule has 0 bridgehead atoms. The van der Waals surface area contributed by atoms with Crippen LogP contribution in [0.15, 0.2) is 27.5 Å². The van der Waals surface area contributed by atoms with Crippen LogP contribution in [0.2, 0.25) is 0 Å². The van der Waals surface area contributed by atoms with E-state index in [1.54, 1.807) is 11.9 Å². The Morgan fingerprint density at radius 3 is 2.50 bits per heavy atom. The smallest absolute Gasteiger partial charge is 0.410 e. The molecule has 7 nitrogen and oxygen atoms in total. The number of halogens is 1. The zero-order valence-corrected chi connectivity index (χ0v) is 19.8. The molecule has 0 radical (unpaired) electrons. The summed E-state index contributed by atoms with van der Waals surface area (Å²) in [6.45, 7) is 10.4. The van der Waals surface area contributed by atoms with Gasteiger partial charge >= 0.3 is 6.09 Å². The van der Waals surface area contributed by atoms with E-state index < -0.39 is 5.60 Å². The summed E-state index contributed by atoms with van der Waals surface area (Å²) >= 11 is 3.51. The molecular weight excluding hydrogens is 448 g/mol. The molecule has 1 aromatic heterocycles. The molecule has 1 aromatic carbocycles. The lowest BCUT2D eigenvalue weighted by atomic mass is 10.0. The molecule has 0 unspecified atom stereocenters. The van der Waals surface area contributed by atoms with Crippen LogP contribution in [0.1, 0.15) is 40.2 Å². The molecule has 2 heterocycles. The van der Waals surface area contributed by atoms with E-state index in [0.717, 1.165) is 15.4 Å². The third kappa shape index (κ3) is 4.04. The number of pyridine rings is 1. The fourth-order valence-corrected chi connectivity index (χ4v) is 4.28. The number of piperazine rings is 1. The van der Waals surface area contributed by atoms with Crippen molar-refractivity contribution in [2.24, 2.45) is 7.05 Å². The van der Waals surface area contributed by atoms with Crippen molar-refractivity contribution in [3.05, 3.63) is 38.6 Å². The number of aromatic nitrogens is 1. The van der Waals surface area contributed by atoms with Crippen molar-refractivity contribution in [2.45, 2.75) is 52.3 Å². The molecule has 8 heteroatoms. The molecular formula is C22H27BrN4O3. The van der Waals surface area contributed by atoms with E-state index >= 15 is 0 Å². The molecule has 0 N–H and O–H groups in total. The molecule has 160 valence electrons. The van der Waals surface area contributed by atoms with Crippen LogP contribution < -0.4 is 10.5 Å². The number of anilines is 1. The summed E-state index contributed by atoms with van der Waals surface area (Å²) in [5, 5.41) is 10.6. The Kier molecular flexibility index (Phi) is 5.87. The van der Waals surface area contributed by atoms with Crippen LogP contribution in [-0.4, -0.2) is 46.3 Å². The highest BCUT2D eigenvalue weighted by Crippen LogP contribution is 2.34. The van der Waals surface area contributed by atoms with Crippen LogP contribution in [0.25, 0.3) is 10.9 Å². The van der Waals surface area contributed by atoms with E-state index in [1.807, 2.05) is 52.8 Å². The molecule has 2 atom stereocenters. The van der Waals surface area contributed by atoms with Crippen molar-refractivity contribution in [2.75, 3.05) is 18.0 Å². The molecule has 1 amide bonds. The van der Waals surface area contributed by atoms with Gasteiger partial charge in [-0.25, -0.2) is 4.79 Å². The second kappa shape index (κ2) is 7.95. The number of benzene rings is 1. The van der Waals surface area contributed by atoms with Gasteiger partial charge in [0.25, 0.3) is 5.56 Å². The molecule has 30 heavy (non-hydrogen) atoms. The van der Waals surface area contributed by atoms with Crippen LogP contribution in [-0.2, 0) is 11.8 Å². The number of rotatable bonds is 1. The molecule has 1 aliphatic heterocycles. The van der Waals surface area contributed by atoms with Crippen LogP contribution in [0.4, 0.5) is 10.5 Å². The first kappa shape index (κ1) is 22.2. The van der Waals surface area contributed by atoms with Gasteiger partial charge in [-0.1, -0.05) is 15.9 Å². The fourth-order valence-electron chi connectivity index (χ4n) is 3.92. The third-order valence-corrected chi connectivity index (χ3v) is 5.84. The minimum atomic E-state index is -0.570. The second-order valence-corrected chi connectivity index (χ2v) is 9.76. The Hall–Kier alpha value is -2.53. The Morgan fingerprint density at radius 1 is 1.23 bits per heavy atom. The number of aryl methyl sites for hydroxylation is 1. The van der Waals surface area contributed by atoms with Gasteiger partial charge in [0.05, 0.1) is 11.2 Å². The summed E-state index contributed by atoms with van der Waals surface area (Å²) in [5.74, 6) is 0. The maximum Gasteiger partial charge on any atom is 0.410 e. The number of hydrogen-bond acceptors (Lipinski definition) is 5. The summed E-state index contributed by atoms with van der Waals surface area (Å²) in [4.78, 5) is 29.4.